The highest BCUT2D eigenvalue weighted by molar-refractivity contribution is 5.83. The molecule has 1 N–H and O–H groups in total. The fourth-order valence-electron chi connectivity index (χ4n) is 4.66. The Morgan fingerprint density at radius 2 is 1.92 bits per heavy atom. The second kappa shape index (κ2) is 10.4. The molecule has 0 spiro atoms. The van der Waals surface area contributed by atoms with Gasteiger partial charge in [-0.2, -0.15) is 15.5 Å². The average Bonchev–Trinajstić information content (AvgIpc) is 3.57. The number of amides is 1. The first kappa shape index (κ1) is 24.4. The van der Waals surface area contributed by atoms with Crippen LogP contribution in [0.3, 0.4) is 0 Å². The standard InChI is InChI=1S/C26H30N10O/c1-18(6-7-28-2)26(37)35-10-8-34(9-11-35)23-5-4-19(13-29-23)24-25-20(12-27)14-31-36(25)17-22(32-24)21-15-30-33(3)16-21/h4-5,13-18,28H,6-11H2,1-3H3/t18-/m1/s1. The van der Waals surface area contributed by atoms with E-state index in [0.29, 0.717) is 35.6 Å². The molecule has 1 aliphatic heterocycles. The number of nitriles is 1. The third-order valence-electron chi connectivity index (χ3n) is 6.80. The van der Waals surface area contributed by atoms with Crippen molar-refractivity contribution < 1.29 is 4.79 Å². The van der Waals surface area contributed by atoms with E-state index in [4.69, 9.17) is 9.97 Å². The number of nitrogens with zero attached hydrogens (tertiary/aromatic N) is 9. The quantitative estimate of drug-likeness (QED) is 0.411. The molecule has 1 saturated heterocycles. The number of carbonyl (C=O) groups excluding carboxylic acids is 1. The molecule has 0 unspecified atom stereocenters. The van der Waals surface area contributed by atoms with Crippen LogP contribution in [0.1, 0.15) is 18.9 Å². The van der Waals surface area contributed by atoms with Gasteiger partial charge in [-0.05, 0) is 32.1 Å². The van der Waals surface area contributed by atoms with Crippen molar-refractivity contribution in [2.24, 2.45) is 13.0 Å². The summed E-state index contributed by atoms with van der Waals surface area (Å²) in [6.07, 6.45) is 9.62. The monoisotopic (exact) mass is 498 g/mol. The van der Waals surface area contributed by atoms with E-state index >= 15 is 0 Å². The summed E-state index contributed by atoms with van der Waals surface area (Å²) in [4.78, 5) is 26.5. The maximum absolute atomic E-state index is 12.7. The number of fused-ring (bicyclic) bond motifs is 1. The molecule has 1 atom stereocenters. The second-order valence-electron chi connectivity index (χ2n) is 9.35. The molecular formula is C26H30N10O. The van der Waals surface area contributed by atoms with Crippen molar-refractivity contribution in [1.29, 1.82) is 5.26 Å². The van der Waals surface area contributed by atoms with Gasteiger partial charge in [0.15, 0.2) is 0 Å². The topological polar surface area (TPSA) is 120 Å². The molecule has 0 aliphatic carbocycles. The average molecular weight is 499 g/mol. The maximum Gasteiger partial charge on any atom is 0.225 e. The SMILES string of the molecule is CNCC[C@@H](C)C(=O)N1CCN(c2ccc(-c3nc(-c4cnn(C)c4)cn4ncc(C#N)c34)cn2)CC1. The molecule has 4 aromatic rings. The smallest absolute Gasteiger partial charge is 0.225 e. The first-order valence-electron chi connectivity index (χ1n) is 12.4. The fraction of sp³-hybridized carbons (Fsp3) is 0.385. The Bertz CT molecular complexity index is 1440. The summed E-state index contributed by atoms with van der Waals surface area (Å²) in [5.41, 5.74) is 4.09. The van der Waals surface area contributed by atoms with E-state index in [-0.39, 0.29) is 11.8 Å². The van der Waals surface area contributed by atoms with Gasteiger partial charge in [0.05, 0.1) is 30.0 Å². The normalized spacial score (nSPS) is 14.6. The molecule has 11 heteroatoms. The van der Waals surface area contributed by atoms with Crippen LogP contribution in [-0.4, -0.2) is 79.9 Å². The van der Waals surface area contributed by atoms with Crippen molar-refractivity contribution in [1.82, 2.24) is 39.6 Å². The summed E-state index contributed by atoms with van der Waals surface area (Å²) < 4.78 is 3.41. The van der Waals surface area contributed by atoms with Gasteiger partial charge < -0.3 is 15.1 Å². The molecule has 0 saturated carbocycles. The van der Waals surface area contributed by atoms with E-state index in [0.717, 1.165) is 43.0 Å². The van der Waals surface area contributed by atoms with Gasteiger partial charge in [-0.15, -0.1) is 0 Å². The Balaban J connectivity index is 1.37. The van der Waals surface area contributed by atoms with Gasteiger partial charge in [-0.3, -0.25) is 9.48 Å². The first-order valence-corrected chi connectivity index (χ1v) is 12.4. The molecule has 1 aliphatic rings. The molecule has 5 rings (SSSR count). The number of hydrogen-bond donors (Lipinski definition) is 1. The van der Waals surface area contributed by atoms with Crippen LogP contribution in [0.5, 0.6) is 0 Å². The van der Waals surface area contributed by atoms with Crippen molar-refractivity contribution in [2.45, 2.75) is 13.3 Å². The van der Waals surface area contributed by atoms with Crippen LogP contribution in [0.15, 0.2) is 43.1 Å². The molecule has 1 fully saturated rings. The number of pyridine rings is 1. The predicted octanol–water partition coefficient (Wildman–Crippen LogP) is 1.96. The highest BCUT2D eigenvalue weighted by atomic mass is 16.2. The molecule has 190 valence electrons. The minimum Gasteiger partial charge on any atom is -0.353 e. The summed E-state index contributed by atoms with van der Waals surface area (Å²) in [6.45, 7) is 5.67. The number of aromatic nitrogens is 6. The summed E-state index contributed by atoms with van der Waals surface area (Å²) in [5, 5.41) is 21.4. The van der Waals surface area contributed by atoms with E-state index in [9.17, 15) is 10.1 Å². The van der Waals surface area contributed by atoms with Crippen molar-refractivity contribution in [3.63, 3.8) is 0 Å². The highest BCUT2D eigenvalue weighted by Gasteiger charge is 2.25. The minimum atomic E-state index is 0.0185. The Morgan fingerprint density at radius 1 is 1.11 bits per heavy atom. The van der Waals surface area contributed by atoms with Gasteiger partial charge in [0.1, 0.15) is 23.0 Å². The molecule has 5 heterocycles. The van der Waals surface area contributed by atoms with Crippen LogP contribution >= 0.6 is 0 Å². The maximum atomic E-state index is 12.7. The van der Waals surface area contributed by atoms with Crippen LogP contribution in [0, 0.1) is 17.2 Å². The van der Waals surface area contributed by atoms with Crippen molar-refractivity contribution in [3.8, 4) is 28.6 Å². The Morgan fingerprint density at radius 3 is 2.57 bits per heavy atom. The number of carbonyl (C=O) groups is 1. The van der Waals surface area contributed by atoms with E-state index < -0.39 is 0 Å². The molecule has 0 bridgehead atoms. The van der Waals surface area contributed by atoms with Crippen LogP contribution in [0.4, 0.5) is 5.82 Å². The minimum absolute atomic E-state index is 0.0185. The molecule has 37 heavy (non-hydrogen) atoms. The van der Waals surface area contributed by atoms with E-state index in [2.05, 4.69) is 26.5 Å². The van der Waals surface area contributed by atoms with Crippen LogP contribution in [0.2, 0.25) is 0 Å². The molecule has 4 aromatic heterocycles. The number of aryl methyl sites for hydroxylation is 1. The molecule has 1 amide bonds. The first-order chi connectivity index (χ1) is 18.0. The molecule has 0 aromatic carbocycles. The van der Waals surface area contributed by atoms with Gasteiger partial charge in [-0.1, -0.05) is 6.92 Å². The third kappa shape index (κ3) is 4.88. The van der Waals surface area contributed by atoms with Crippen molar-refractivity contribution in [2.75, 3.05) is 44.7 Å². The predicted molar refractivity (Wildman–Crippen MR) is 140 cm³/mol. The fourth-order valence-corrected chi connectivity index (χ4v) is 4.66. The van der Waals surface area contributed by atoms with Crippen molar-refractivity contribution >= 4 is 17.2 Å². The van der Waals surface area contributed by atoms with Gasteiger partial charge in [-0.25, -0.2) is 14.5 Å². The molecular weight excluding hydrogens is 468 g/mol. The van der Waals surface area contributed by atoms with Gasteiger partial charge in [0.2, 0.25) is 5.91 Å². The van der Waals surface area contributed by atoms with E-state index in [1.54, 1.807) is 34.0 Å². The lowest BCUT2D eigenvalue weighted by Crippen LogP contribution is -2.50. The Labute approximate surface area is 215 Å². The van der Waals surface area contributed by atoms with Crippen LogP contribution < -0.4 is 10.2 Å². The van der Waals surface area contributed by atoms with Crippen LogP contribution in [0.25, 0.3) is 28.0 Å². The Kier molecular flexibility index (Phi) is 6.83. The van der Waals surface area contributed by atoms with Gasteiger partial charge in [0.25, 0.3) is 0 Å². The van der Waals surface area contributed by atoms with Gasteiger partial charge in [0, 0.05) is 62.7 Å². The summed E-state index contributed by atoms with van der Waals surface area (Å²) in [5.74, 6) is 1.09. The van der Waals surface area contributed by atoms with Crippen molar-refractivity contribution in [3.05, 3.63) is 48.7 Å². The lowest BCUT2D eigenvalue weighted by molar-refractivity contribution is -0.135. The Hall–Kier alpha value is -4.30. The molecule has 0 radical (unpaired) electrons. The highest BCUT2D eigenvalue weighted by Crippen LogP contribution is 2.29. The van der Waals surface area contributed by atoms with Gasteiger partial charge >= 0.3 is 0 Å². The number of anilines is 1. The summed E-state index contributed by atoms with van der Waals surface area (Å²) in [6, 6.07) is 6.16. The number of hydrogen-bond acceptors (Lipinski definition) is 8. The lowest BCUT2D eigenvalue weighted by Gasteiger charge is -2.36. The largest absolute Gasteiger partial charge is 0.353 e. The summed E-state index contributed by atoms with van der Waals surface area (Å²) in [7, 11) is 3.76. The van der Waals surface area contributed by atoms with Crippen LogP contribution in [-0.2, 0) is 11.8 Å². The van der Waals surface area contributed by atoms with E-state index in [1.165, 1.54) is 0 Å². The second-order valence-corrected chi connectivity index (χ2v) is 9.35. The molecule has 11 nitrogen and oxygen atoms in total. The van der Waals surface area contributed by atoms with E-state index in [1.807, 2.05) is 44.2 Å². The summed E-state index contributed by atoms with van der Waals surface area (Å²) >= 11 is 0. The number of piperazine rings is 1. The number of rotatable bonds is 7. The number of nitrogens with one attached hydrogen (secondary N) is 1. The zero-order valence-corrected chi connectivity index (χ0v) is 21.3. The zero-order valence-electron chi connectivity index (χ0n) is 21.3. The zero-order chi connectivity index (χ0) is 25.9. The third-order valence-corrected chi connectivity index (χ3v) is 6.80. The lowest BCUT2D eigenvalue weighted by atomic mass is 10.1.